The van der Waals surface area contributed by atoms with Crippen molar-refractivity contribution in [1.82, 2.24) is 89.1 Å². The van der Waals surface area contributed by atoms with Gasteiger partial charge >= 0.3 is 6.01 Å². The fourth-order valence-electron chi connectivity index (χ4n) is 14.8. The number of hydrogen-bond acceptors (Lipinski definition) is 36. The fourth-order valence-corrected chi connectivity index (χ4v) is 14.8. The van der Waals surface area contributed by atoms with Crippen LogP contribution in [-0.4, -0.2) is 373 Å². The van der Waals surface area contributed by atoms with Crippen molar-refractivity contribution in [3.05, 3.63) is 150 Å². The molecular weight excluding hydrogens is 1940 g/mol. The topological polar surface area (TPSA) is 566 Å². The number of ketones is 1. The molecule has 149 heavy (non-hydrogen) atoms. The van der Waals surface area contributed by atoms with Gasteiger partial charge in [-0.05, 0) is 61.6 Å². The van der Waals surface area contributed by atoms with Gasteiger partial charge in [-0.15, -0.1) is 0 Å². The first-order valence-electron chi connectivity index (χ1n) is 50.0. The summed E-state index contributed by atoms with van der Waals surface area (Å²) in [5.41, 5.74) is 11.2. The van der Waals surface area contributed by atoms with Crippen LogP contribution in [0.4, 0.5) is 29.0 Å². The van der Waals surface area contributed by atoms with Crippen LogP contribution in [0.25, 0.3) is 11.3 Å². The molecule has 50 nitrogen and oxygen atoms in total. The average Bonchev–Trinajstić information content (AvgIpc) is 1.65. The van der Waals surface area contributed by atoms with Gasteiger partial charge in [0.25, 0.3) is 17.7 Å². The molecule has 1 aliphatic heterocycles. The highest BCUT2D eigenvalue weighted by molar-refractivity contribution is 6.04. The maximum absolute atomic E-state index is 13.4. The first kappa shape index (κ1) is 118. The van der Waals surface area contributed by atoms with E-state index in [2.05, 4.69) is 87.2 Å². The molecule has 1 aromatic carbocycles. The number of hydrogen-bond donors (Lipinski definition) is 11. The van der Waals surface area contributed by atoms with Crippen molar-refractivity contribution in [2.45, 2.75) is 84.3 Å². The van der Waals surface area contributed by atoms with Gasteiger partial charge in [0.05, 0.1) is 234 Å². The Morgan fingerprint density at radius 3 is 1.53 bits per heavy atom. The molecule has 8 amide bonds. The van der Waals surface area contributed by atoms with Crippen LogP contribution in [0.1, 0.15) is 125 Å². The molecule has 0 spiro atoms. The number of aryl methyl sites for hydroxylation is 4. The van der Waals surface area contributed by atoms with Gasteiger partial charge in [0.15, 0.2) is 23.1 Å². The first-order chi connectivity index (χ1) is 72.4. The van der Waals surface area contributed by atoms with Crippen molar-refractivity contribution >= 4 is 87.6 Å². The number of benzene rings is 1. The van der Waals surface area contributed by atoms with Gasteiger partial charge in [-0.2, -0.15) is 24.7 Å². The summed E-state index contributed by atoms with van der Waals surface area (Å²) in [6.07, 6.45) is 20.3. The zero-order valence-electron chi connectivity index (χ0n) is 86.4. The van der Waals surface area contributed by atoms with Crippen molar-refractivity contribution in [3.8, 4) is 17.4 Å². The number of carbonyl (C=O) groups excluding carboxylic acids is 9. The zero-order chi connectivity index (χ0) is 106. The summed E-state index contributed by atoms with van der Waals surface area (Å²) in [5.74, 6) is -2.31. The van der Waals surface area contributed by atoms with Gasteiger partial charge in [-0.1, -0.05) is 45.1 Å². The van der Waals surface area contributed by atoms with E-state index in [1.54, 1.807) is 68.9 Å². The summed E-state index contributed by atoms with van der Waals surface area (Å²) in [6, 6.07) is 11.1. The van der Waals surface area contributed by atoms with Gasteiger partial charge < -0.3 is 163 Å². The van der Waals surface area contributed by atoms with Crippen LogP contribution in [0.3, 0.4) is 0 Å². The van der Waals surface area contributed by atoms with Crippen molar-refractivity contribution < 1.29 is 124 Å². The maximum Gasteiger partial charge on any atom is 0.322 e. The summed E-state index contributed by atoms with van der Waals surface area (Å²) >= 11 is 0. The van der Waals surface area contributed by atoms with E-state index in [0.29, 0.717) is 245 Å². The monoisotopic (exact) mass is 2090 g/mol. The number of fused-ring (bicyclic) bond motifs is 1. The number of amides is 8. The molecule has 2 atom stereocenters. The third-order valence-corrected chi connectivity index (χ3v) is 22.3. The largest absolute Gasteiger partial charge is 0.491 e. The molecule has 818 valence electrons. The highest BCUT2D eigenvalue weighted by atomic mass is 16.6. The average molecular weight is 2090 g/mol. The molecule has 2 unspecified atom stereocenters. The number of aromatic nitrogens is 12. The number of imidazole rings is 2. The molecule has 1 aliphatic carbocycles. The molecule has 50 heteroatoms. The number of nitrogens with two attached hydrogens (primary N) is 1. The Hall–Kier alpha value is -13.0. The lowest BCUT2D eigenvalue weighted by atomic mass is 10.1. The number of ether oxygens (including phenoxy) is 17. The Morgan fingerprint density at radius 2 is 1.01 bits per heavy atom. The number of nitrogens with zero attached hydrogens (tertiary/aromatic N) is 13. The van der Waals surface area contributed by atoms with E-state index >= 15 is 0 Å². The molecule has 0 saturated carbocycles. The lowest BCUT2D eigenvalue weighted by Gasteiger charge is -2.23. The quantitative estimate of drug-likeness (QED) is 0.0191. The van der Waals surface area contributed by atoms with Gasteiger partial charge in [0.1, 0.15) is 30.0 Å². The number of carbonyl (C=O) groups is 9. The second kappa shape index (κ2) is 67.1. The first-order valence-corrected chi connectivity index (χ1v) is 50.0. The van der Waals surface area contributed by atoms with E-state index in [1.165, 1.54) is 55.5 Å². The number of anilines is 5. The summed E-state index contributed by atoms with van der Waals surface area (Å²) in [6.45, 7) is 21.2. The van der Waals surface area contributed by atoms with Gasteiger partial charge in [0, 0.05) is 160 Å². The molecule has 1 saturated heterocycles. The highest BCUT2D eigenvalue weighted by Gasteiger charge is 2.26. The molecular formula is C99H146N24O26. The molecule has 8 heterocycles. The Morgan fingerprint density at radius 1 is 0.517 bits per heavy atom. The van der Waals surface area contributed by atoms with Gasteiger partial charge in [-0.3, -0.25) is 43.2 Å². The van der Waals surface area contributed by atoms with Gasteiger partial charge in [0.2, 0.25) is 47.1 Å². The Kier molecular flexibility index (Phi) is 53.1. The van der Waals surface area contributed by atoms with E-state index in [0.717, 1.165) is 42.7 Å². The summed E-state index contributed by atoms with van der Waals surface area (Å²) in [4.78, 5) is 136. The third kappa shape index (κ3) is 44.0. The third-order valence-electron chi connectivity index (χ3n) is 22.3. The minimum absolute atomic E-state index is 0.000944. The lowest BCUT2D eigenvalue weighted by molar-refractivity contribution is -0.121. The SMILES string of the molecule is CC1C=CC=C1C(=O)NCCC(=O)N/C(N)=C/N(C)CC(=O)Nc1cc(C(=O)NCCC(=O)Nc2cn(C)c(C(=O)Nc3cc(C(=O)CCCC(=O)Nc4cn(C)c(C(=O)NCCOCCOCCOCCOCCOCCOCCOCCOCCOCCOCCOCCOCCOCCOCCOCCOc5ccc(CNc6nc(OC7CCCNC7)nc7c(C(C)C)cnn67)c(-n6cccn6)c5)n4)n(C)c3)n2)n(C)c1. The smallest absolute Gasteiger partial charge is 0.322 e. The van der Waals surface area contributed by atoms with Crippen LogP contribution in [-0.2, 0) is 130 Å². The zero-order valence-corrected chi connectivity index (χ0v) is 86.4. The number of nitrogens with one attached hydrogen (secondary N) is 10. The van der Waals surface area contributed by atoms with E-state index in [-0.39, 0.29) is 135 Å². The number of Topliss-reactive ketones (excluding diaryl/α,β-unsaturated/α-hetero) is 1. The number of allylic oxidation sites excluding steroid dienone is 3. The van der Waals surface area contributed by atoms with Crippen LogP contribution in [0.5, 0.6) is 11.8 Å². The molecule has 10 rings (SSSR count). The van der Waals surface area contributed by atoms with Gasteiger partial charge in [-0.25, -0.2) is 14.6 Å². The molecule has 0 radical (unpaired) electrons. The van der Waals surface area contributed by atoms with Crippen LogP contribution >= 0.6 is 0 Å². The van der Waals surface area contributed by atoms with Crippen molar-refractivity contribution in [2.24, 2.45) is 39.8 Å². The van der Waals surface area contributed by atoms with E-state index in [9.17, 15) is 43.2 Å². The fraction of sp³-hybridized carbons (Fsp3) is 0.566. The minimum atomic E-state index is -0.633. The molecule has 1 fully saturated rings. The Labute approximate surface area is 865 Å². The predicted molar refractivity (Wildman–Crippen MR) is 546 cm³/mol. The van der Waals surface area contributed by atoms with Crippen molar-refractivity contribution in [2.75, 3.05) is 278 Å². The predicted octanol–water partition coefficient (Wildman–Crippen LogP) is 3.76. The molecule has 0 bridgehead atoms. The number of likely N-dealkylation sites (N-methyl/N-ethyl adjacent to an activating group) is 1. The van der Waals surface area contributed by atoms with E-state index in [4.69, 9.17) is 96.2 Å². The van der Waals surface area contributed by atoms with E-state index < -0.39 is 41.4 Å². The van der Waals surface area contributed by atoms with Crippen molar-refractivity contribution in [3.63, 3.8) is 0 Å². The van der Waals surface area contributed by atoms with Crippen LogP contribution in [0.15, 0.2) is 116 Å². The molecule has 8 aromatic rings. The summed E-state index contributed by atoms with van der Waals surface area (Å²) in [5, 5.41) is 37.4. The standard InChI is InChI=1S/C99H146N24O26/c1-71(2)79-64-107-123-91(79)115-99(149-77-14-11-22-101-63-77)116-98(123)105-62-73-18-19-76(61-80(73)122-27-12-23-106-122)148-58-57-147-56-55-146-54-53-145-52-51-144-50-49-143-48-47-142-46-45-141-44-43-140-42-41-139-40-39-138-38-37-137-36-35-136-34-33-135-32-31-134-30-29-133-28-26-104-96(131)92-113-85(68-120(92)7)111-87(125)17-10-16-83(124)81-59-75(66-118(81)5)109-97(132)93-114-86(69-121(93)8)112-89(127)21-25-103-95(130)82-60-74(65-119(82)6)108-90(128)70-117(4)67-84(100)110-88(126)20-24-102-94(129)78-15-9-13-72(78)3/h9,12-13,15,18-19,23,27,59-61,64-69,71-72,77,101H,10-11,14,16-17,20-22,24-26,28-58,62-63,70,100H2,1-8H3,(H,102,129)(H,103,130)(H,104,131)(H,108,128)(H,109,132)(H,110,126)(H,111,125)(H,112,127)(H,105,115,116)/b84-67+. The molecule has 12 N–H and O–H groups in total. The second-order valence-corrected chi connectivity index (χ2v) is 34.6. The Balaban J connectivity index is 0.428. The normalized spacial score (nSPS) is 13.5. The second-order valence-electron chi connectivity index (χ2n) is 34.6. The van der Waals surface area contributed by atoms with Crippen molar-refractivity contribution in [1.29, 1.82) is 0 Å². The lowest BCUT2D eigenvalue weighted by Crippen LogP contribution is -2.37. The van der Waals surface area contributed by atoms with E-state index in [1.807, 2.05) is 54.3 Å². The summed E-state index contributed by atoms with van der Waals surface area (Å²) in [7, 11) is 8.00. The number of piperidine rings is 1. The Bertz CT molecular complexity index is 5520. The summed E-state index contributed by atoms with van der Waals surface area (Å²) < 4.78 is 106. The molecule has 7 aromatic heterocycles. The molecule has 2 aliphatic rings. The van der Waals surface area contributed by atoms with Crippen LogP contribution in [0, 0.1) is 5.92 Å². The number of rotatable bonds is 79. The van der Waals surface area contributed by atoms with Crippen LogP contribution in [0.2, 0.25) is 0 Å². The maximum atomic E-state index is 13.4. The minimum Gasteiger partial charge on any atom is -0.491 e. The van der Waals surface area contributed by atoms with Crippen LogP contribution < -0.4 is 68.4 Å². The highest BCUT2D eigenvalue weighted by Crippen LogP contribution is 2.28.